The highest BCUT2D eigenvalue weighted by Gasteiger charge is 1.98. The molecule has 0 aliphatic carbocycles. The maximum atomic E-state index is 5.20. The van der Waals surface area contributed by atoms with Crippen LogP contribution in [0.2, 0.25) is 0 Å². The molecule has 1 heterocycles. The van der Waals surface area contributed by atoms with Crippen LogP contribution in [0.25, 0.3) is 0 Å². The summed E-state index contributed by atoms with van der Waals surface area (Å²) >= 11 is 5.20. The van der Waals surface area contributed by atoms with Gasteiger partial charge < -0.3 is 10.6 Å². The quantitative estimate of drug-likeness (QED) is 0.794. The zero-order valence-corrected chi connectivity index (χ0v) is 10.3. The van der Waals surface area contributed by atoms with Gasteiger partial charge in [-0.2, -0.15) is 0 Å². The number of thiocarbonyl (C=S) groups is 1. The molecule has 3 nitrogen and oxygen atoms in total. The van der Waals surface area contributed by atoms with Crippen LogP contribution in [-0.2, 0) is 0 Å². The molecule has 0 unspecified atom stereocenters. The van der Waals surface area contributed by atoms with Crippen LogP contribution in [-0.4, -0.2) is 10.1 Å². The van der Waals surface area contributed by atoms with E-state index in [1.165, 1.54) is 0 Å². The van der Waals surface area contributed by atoms with Gasteiger partial charge in [-0.3, -0.25) is 4.98 Å². The van der Waals surface area contributed by atoms with E-state index in [9.17, 15) is 0 Å². The Kier molecular flexibility index (Phi) is 3.67. The summed E-state index contributed by atoms with van der Waals surface area (Å²) in [5, 5.41) is 6.73. The van der Waals surface area contributed by atoms with E-state index in [0.717, 1.165) is 17.1 Å². The minimum Gasteiger partial charge on any atom is -0.332 e. The normalized spacial score (nSPS) is 9.71. The van der Waals surface area contributed by atoms with Crippen LogP contribution in [0.5, 0.6) is 0 Å². The van der Waals surface area contributed by atoms with Crippen LogP contribution in [0.1, 0.15) is 5.69 Å². The number of benzene rings is 1. The lowest BCUT2D eigenvalue weighted by Crippen LogP contribution is -2.19. The van der Waals surface area contributed by atoms with Crippen molar-refractivity contribution in [1.82, 2.24) is 4.98 Å². The third-order valence-corrected chi connectivity index (χ3v) is 2.41. The van der Waals surface area contributed by atoms with Gasteiger partial charge >= 0.3 is 0 Å². The van der Waals surface area contributed by atoms with E-state index in [1.807, 2.05) is 49.4 Å². The van der Waals surface area contributed by atoms with Crippen LogP contribution in [0.4, 0.5) is 11.4 Å². The van der Waals surface area contributed by atoms with Gasteiger partial charge in [0.1, 0.15) is 0 Å². The van der Waals surface area contributed by atoms with Crippen molar-refractivity contribution >= 4 is 28.7 Å². The number of aryl methyl sites for hydroxylation is 1. The molecular formula is C13H13N3S. The highest BCUT2D eigenvalue weighted by Crippen LogP contribution is 2.08. The zero-order valence-electron chi connectivity index (χ0n) is 9.47. The lowest BCUT2D eigenvalue weighted by Gasteiger charge is -2.10. The second-order valence-electron chi connectivity index (χ2n) is 3.63. The number of pyridine rings is 1. The van der Waals surface area contributed by atoms with E-state index in [-0.39, 0.29) is 0 Å². The van der Waals surface area contributed by atoms with Gasteiger partial charge in [0, 0.05) is 11.4 Å². The lowest BCUT2D eigenvalue weighted by molar-refractivity contribution is 1.20. The van der Waals surface area contributed by atoms with Crippen LogP contribution in [0.15, 0.2) is 48.7 Å². The largest absolute Gasteiger partial charge is 0.332 e. The van der Waals surface area contributed by atoms with Crippen LogP contribution in [0.3, 0.4) is 0 Å². The molecule has 4 heteroatoms. The second kappa shape index (κ2) is 5.41. The van der Waals surface area contributed by atoms with Crippen molar-refractivity contribution in [2.75, 3.05) is 10.6 Å². The Balaban J connectivity index is 1.96. The molecule has 0 saturated carbocycles. The van der Waals surface area contributed by atoms with Crippen molar-refractivity contribution in [3.05, 3.63) is 54.4 Å². The molecular weight excluding hydrogens is 230 g/mol. The molecule has 0 fully saturated rings. The summed E-state index contributed by atoms with van der Waals surface area (Å²) < 4.78 is 0. The molecule has 0 aliphatic heterocycles. The first-order valence-electron chi connectivity index (χ1n) is 5.30. The number of nitrogens with one attached hydrogen (secondary N) is 2. The summed E-state index contributed by atoms with van der Waals surface area (Å²) in [5.41, 5.74) is 2.83. The Morgan fingerprint density at radius 2 is 1.71 bits per heavy atom. The summed E-state index contributed by atoms with van der Waals surface area (Å²) in [7, 11) is 0. The Bertz CT molecular complexity index is 494. The molecule has 2 N–H and O–H groups in total. The van der Waals surface area contributed by atoms with Crippen molar-refractivity contribution in [1.29, 1.82) is 0 Å². The van der Waals surface area contributed by atoms with Crippen molar-refractivity contribution in [2.24, 2.45) is 0 Å². The molecule has 17 heavy (non-hydrogen) atoms. The molecule has 0 radical (unpaired) electrons. The minimum atomic E-state index is 0.557. The van der Waals surface area contributed by atoms with Gasteiger partial charge in [-0.05, 0) is 43.4 Å². The summed E-state index contributed by atoms with van der Waals surface area (Å²) in [6.45, 7) is 1.95. The molecule has 2 rings (SSSR count). The van der Waals surface area contributed by atoms with Crippen LogP contribution < -0.4 is 10.6 Å². The summed E-state index contributed by atoms with van der Waals surface area (Å²) in [4.78, 5) is 4.19. The third-order valence-electron chi connectivity index (χ3n) is 2.20. The second-order valence-corrected chi connectivity index (χ2v) is 4.04. The van der Waals surface area contributed by atoms with Gasteiger partial charge in [-0.25, -0.2) is 0 Å². The standard InChI is InChI=1S/C13H13N3S/c1-10-7-8-12(9-14-10)16-13(17)15-11-5-3-2-4-6-11/h2-9H,1H3,(H2,15,16,17). The molecule has 86 valence electrons. The van der Waals surface area contributed by atoms with E-state index >= 15 is 0 Å². The van der Waals surface area contributed by atoms with Gasteiger partial charge in [0.25, 0.3) is 0 Å². The predicted molar refractivity (Wildman–Crippen MR) is 75.3 cm³/mol. The smallest absolute Gasteiger partial charge is 0.175 e. The Labute approximate surface area is 106 Å². The number of hydrogen-bond acceptors (Lipinski definition) is 2. The van der Waals surface area contributed by atoms with E-state index in [4.69, 9.17) is 12.2 Å². The third kappa shape index (κ3) is 3.53. The highest BCUT2D eigenvalue weighted by atomic mass is 32.1. The monoisotopic (exact) mass is 243 g/mol. The molecule has 1 aromatic carbocycles. The maximum absolute atomic E-state index is 5.20. The molecule has 0 amide bonds. The van der Waals surface area contributed by atoms with Gasteiger partial charge in [-0.15, -0.1) is 0 Å². The average molecular weight is 243 g/mol. The first kappa shape index (κ1) is 11.5. The van der Waals surface area contributed by atoms with Crippen LogP contribution in [0, 0.1) is 6.92 Å². The lowest BCUT2D eigenvalue weighted by atomic mass is 10.3. The first-order valence-corrected chi connectivity index (χ1v) is 5.70. The maximum Gasteiger partial charge on any atom is 0.175 e. The van der Waals surface area contributed by atoms with Crippen LogP contribution >= 0.6 is 12.2 Å². The Hall–Kier alpha value is -1.94. The zero-order chi connectivity index (χ0) is 12.1. The molecule has 0 aliphatic rings. The SMILES string of the molecule is Cc1ccc(NC(=S)Nc2ccccc2)cn1. The van der Waals surface area contributed by atoms with E-state index in [0.29, 0.717) is 5.11 Å². The fourth-order valence-electron chi connectivity index (χ4n) is 1.36. The number of aromatic nitrogens is 1. The van der Waals surface area contributed by atoms with Crippen molar-refractivity contribution < 1.29 is 0 Å². The van der Waals surface area contributed by atoms with Gasteiger partial charge in [-0.1, -0.05) is 18.2 Å². The number of nitrogens with zero attached hydrogens (tertiary/aromatic N) is 1. The van der Waals surface area contributed by atoms with Crippen molar-refractivity contribution in [3.8, 4) is 0 Å². The topological polar surface area (TPSA) is 37.0 Å². The minimum absolute atomic E-state index is 0.557. The van der Waals surface area contributed by atoms with E-state index in [1.54, 1.807) is 6.20 Å². The number of anilines is 2. The van der Waals surface area contributed by atoms with E-state index in [2.05, 4.69) is 15.6 Å². The Morgan fingerprint density at radius 1 is 1.00 bits per heavy atom. The number of hydrogen-bond donors (Lipinski definition) is 2. The predicted octanol–water partition coefficient (Wildman–Crippen LogP) is 3.20. The van der Waals surface area contributed by atoms with Crippen molar-refractivity contribution in [2.45, 2.75) is 6.92 Å². The molecule has 1 aromatic heterocycles. The highest BCUT2D eigenvalue weighted by molar-refractivity contribution is 7.80. The van der Waals surface area contributed by atoms with Gasteiger partial charge in [0.15, 0.2) is 5.11 Å². The summed E-state index contributed by atoms with van der Waals surface area (Å²) in [6, 6.07) is 13.7. The van der Waals surface area contributed by atoms with Gasteiger partial charge in [0.2, 0.25) is 0 Å². The fourth-order valence-corrected chi connectivity index (χ4v) is 1.59. The van der Waals surface area contributed by atoms with Gasteiger partial charge in [0.05, 0.1) is 11.9 Å². The summed E-state index contributed by atoms with van der Waals surface area (Å²) in [6.07, 6.45) is 1.76. The molecule has 0 saturated heterocycles. The van der Waals surface area contributed by atoms with E-state index < -0.39 is 0 Å². The molecule has 0 bridgehead atoms. The van der Waals surface area contributed by atoms with Crippen molar-refractivity contribution in [3.63, 3.8) is 0 Å². The average Bonchev–Trinajstić information content (AvgIpc) is 2.33. The number of rotatable bonds is 2. The molecule has 0 atom stereocenters. The number of para-hydroxylation sites is 1. The fraction of sp³-hybridized carbons (Fsp3) is 0.0769. The first-order chi connectivity index (χ1) is 8.24. The molecule has 2 aromatic rings. The Morgan fingerprint density at radius 3 is 2.35 bits per heavy atom. The molecule has 0 spiro atoms. The summed E-state index contributed by atoms with van der Waals surface area (Å²) in [5.74, 6) is 0.